The molecule has 0 spiro atoms. The number of pyridine rings is 1. The number of ketones is 1. The van der Waals surface area contributed by atoms with E-state index in [4.69, 9.17) is 9.84 Å². The van der Waals surface area contributed by atoms with Gasteiger partial charge < -0.3 is 15.2 Å². The van der Waals surface area contributed by atoms with Crippen molar-refractivity contribution in [3.63, 3.8) is 0 Å². The van der Waals surface area contributed by atoms with E-state index in [2.05, 4.69) is 10.3 Å². The molecule has 0 unspecified atom stereocenters. The molecule has 1 aliphatic rings. The predicted molar refractivity (Wildman–Crippen MR) is 149 cm³/mol. The summed E-state index contributed by atoms with van der Waals surface area (Å²) in [6.45, 7) is 0.624. The van der Waals surface area contributed by atoms with Gasteiger partial charge in [0.15, 0.2) is 5.78 Å². The van der Waals surface area contributed by atoms with Crippen molar-refractivity contribution in [2.75, 3.05) is 11.9 Å². The molecule has 1 amide bonds. The van der Waals surface area contributed by atoms with E-state index in [0.717, 1.165) is 40.0 Å². The van der Waals surface area contributed by atoms with Crippen molar-refractivity contribution in [1.82, 2.24) is 4.98 Å². The molecule has 1 aliphatic heterocycles. The summed E-state index contributed by atoms with van der Waals surface area (Å²) in [6.07, 6.45) is 1.38. The number of nitrogens with zero attached hydrogens (tertiary/aromatic N) is 1. The Kier molecular flexibility index (Phi) is 7.78. The van der Waals surface area contributed by atoms with Gasteiger partial charge in [-0.05, 0) is 59.0 Å². The standard InChI is InChI=1S/C32H28N2O5/c35-28(24-10-12-29-25(18-24)15-16-39-29)11-13-31(36)34-30-20-26(19-27(33-30)22-6-2-1-3-7-22)23-8-4-5-21(17-23)9-14-32(37)38/h1-8,10,12,17-20H,9,11,13-16H2,(H,37,38)(H,33,34,36). The number of aliphatic carboxylic acids is 1. The summed E-state index contributed by atoms with van der Waals surface area (Å²) in [5.74, 6) is -0.0351. The van der Waals surface area contributed by atoms with Gasteiger partial charge in [-0.15, -0.1) is 0 Å². The summed E-state index contributed by atoms with van der Waals surface area (Å²) in [5, 5.41) is 11.9. The number of carboxylic acid groups (broad SMARTS) is 1. The van der Waals surface area contributed by atoms with E-state index in [-0.39, 0.29) is 31.0 Å². The van der Waals surface area contributed by atoms with Crippen LogP contribution in [-0.2, 0) is 22.4 Å². The Morgan fingerprint density at radius 1 is 0.821 bits per heavy atom. The first-order chi connectivity index (χ1) is 18.9. The largest absolute Gasteiger partial charge is 0.493 e. The zero-order valence-corrected chi connectivity index (χ0v) is 21.4. The number of benzene rings is 3. The van der Waals surface area contributed by atoms with Gasteiger partial charge in [0.05, 0.1) is 12.3 Å². The Morgan fingerprint density at radius 2 is 1.64 bits per heavy atom. The molecule has 0 atom stereocenters. The van der Waals surface area contributed by atoms with Crippen molar-refractivity contribution in [1.29, 1.82) is 0 Å². The third-order valence-corrected chi connectivity index (χ3v) is 6.64. The average Bonchev–Trinajstić information content (AvgIpc) is 3.43. The maximum Gasteiger partial charge on any atom is 0.303 e. The van der Waals surface area contributed by atoms with Gasteiger partial charge in [-0.3, -0.25) is 14.4 Å². The normalized spacial score (nSPS) is 11.9. The van der Waals surface area contributed by atoms with Crippen LogP contribution in [-0.4, -0.2) is 34.4 Å². The summed E-state index contributed by atoms with van der Waals surface area (Å²) in [4.78, 5) is 41.3. The number of aromatic nitrogens is 1. The number of carboxylic acids is 1. The van der Waals surface area contributed by atoms with Crippen molar-refractivity contribution in [3.05, 3.63) is 102 Å². The van der Waals surface area contributed by atoms with Gasteiger partial charge in [0.1, 0.15) is 11.6 Å². The highest BCUT2D eigenvalue weighted by atomic mass is 16.5. The number of nitrogens with one attached hydrogen (secondary N) is 1. The summed E-state index contributed by atoms with van der Waals surface area (Å²) in [7, 11) is 0. The molecule has 2 N–H and O–H groups in total. The van der Waals surface area contributed by atoms with Gasteiger partial charge in [-0.2, -0.15) is 0 Å². The number of Topliss-reactive ketones (excluding diaryl/α,β-unsaturated/α-hetero) is 1. The second-order valence-electron chi connectivity index (χ2n) is 9.48. The van der Waals surface area contributed by atoms with Crippen molar-refractivity contribution in [3.8, 4) is 28.1 Å². The Hall–Kier alpha value is -4.78. The third kappa shape index (κ3) is 6.57. The fourth-order valence-corrected chi connectivity index (χ4v) is 4.61. The lowest BCUT2D eigenvalue weighted by atomic mass is 9.99. The van der Waals surface area contributed by atoms with Crippen LogP contribution in [0.15, 0.2) is 84.9 Å². The van der Waals surface area contributed by atoms with Gasteiger partial charge in [0, 0.05) is 36.8 Å². The van der Waals surface area contributed by atoms with Crippen molar-refractivity contribution >= 4 is 23.5 Å². The lowest BCUT2D eigenvalue weighted by Crippen LogP contribution is -2.14. The number of carbonyl (C=O) groups is 3. The molecule has 0 saturated heterocycles. The van der Waals surface area contributed by atoms with Crippen LogP contribution in [0.1, 0.15) is 40.7 Å². The first kappa shape index (κ1) is 25.9. The van der Waals surface area contributed by atoms with Gasteiger partial charge in [-0.1, -0.05) is 54.6 Å². The van der Waals surface area contributed by atoms with Crippen molar-refractivity contribution < 1.29 is 24.2 Å². The summed E-state index contributed by atoms with van der Waals surface area (Å²) >= 11 is 0. The first-order valence-corrected chi connectivity index (χ1v) is 12.9. The molecule has 4 aromatic rings. The lowest BCUT2D eigenvalue weighted by Gasteiger charge is -2.12. The molecule has 196 valence electrons. The molecule has 1 aromatic heterocycles. The fraction of sp³-hybridized carbons (Fsp3) is 0.188. The van der Waals surface area contributed by atoms with Crippen LogP contribution in [0.25, 0.3) is 22.4 Å². The van der Waals surface area contributed by atoms with E-state index < -0.39 is 5.97 Å². The zero-order chi connectivity index (χ0) is 27.2. The average molecular weight is 521 g/mol. The molecular formula is C32H28N2O5. The zero-order valence-electron chi connectivity index (χ0n) is 21.4. The molecule has 0 aliphatic carbocycles. The molecule has 0 fully saturated rings. The molecule has 39 heavy (non-hydrogen) atoms. The molecular weight excluding hydrogens is 492 g/mol. The topological polar surface area (TPSA) is 106 Å². The third-order valence-electron chi connectivity index (χ3n) is 6.64. The van der Waals surface area contributed by atoms with Crippen LogP contribution in [0.4, 0.5) is 5.82 Å². The van der Waals surface area contributed by atoms with Crippen molar-refractivity contribution in [2.45, 2.75) is 32.1 Å². The molecule has 7 heteroatoms. The van der Waals surface area contributed by atoms with E-state index in [1.165, 1.54) is 0 Å². The Bertz CT molecular complexity index is 1530. The minimum absolute atomic E-state index is 0.0314. The van der Waals surface area contributed by atoms with Crippen LogP contribution >= 0.6 is 0 Å². The Labute approximate surface area is 226 Å². The predicted octanol–water partition coefficient (Wildman–Crippen LogP) is 5.97. The van der Waals surface area contributed by atoms with Gasteiger partial charge in [0.25, 0.3) is 0 Å². The molecule has 5 rings (SSSR count). The number of aryl methyl sites for hydroxylation is 1. The monoisotopic (exact) mass is 520 g/mol. The fourth-order valence-electron chi connectivity index (χ4n) is 4.61. The smallest absolute Gasteiger partial charge is 0.303 e. The van der Waals surface area contributed by atoms with Crippen LogP contribution in [0.2, 0.25) is 0 Å². The summed E-state index contributed by atoms with van der Waals surface area (Å²) in [5.41, 5.74) is 5.84. The number of fused-ring (bicyclic) bond motifs is 1. The molecule has 2 heterocycles. The summed E-state index contributed by atoms with van der Waals surface area (Å²) < 4.78 is 5.50. The second-order valence-corrected chi connectivity index (χ2v) is 9.48. The molecule has 3 aromatic carbocycles. The van der Waals surface area contributed by atoms with Crippen LogP contribution in [0, 0.1) is 0 Å². The van der Waals surface area contributed by atoms with E-state index in [9.17, 15) is 14.4 Å². The SMILES string of the molecule is O=C(O)CCc1cccc(-c2cc(NC(=O)CCC(=O)c3ccc4c(c3)CCO4)nc(-c3ccccc3)c2)c1. The highest BCUT2D eigenvalue weighted by molar-refractivity contribution is 6.00. The lowest BCUT2D eigenvalue weighted by molar-refractivity contribution is -0.137. The van der Waals surface area contributed by atoms with E-state index >= 15 is 0 Å². The van der Waals surface area contributed by atoms with Gasteiger partial charge in [-0.25, -0.2) is 4.98 Å². The number of rotatable bonds is 10. The molecule has 0 saturated carbocycles. The van der Waals surface area contributed by atoms with E-state index in [0.29, 0.717) is 30.1 Å². The maximum absolute atomic E-state index is 12.9. The first-order valence-electron chi connectivity index (χ1n) is 12.9. The number of amides is 1. The van der Waals surface area contributed by atoms with Crippen LogP contribution in [0.3, 0.4) is 0 Å². The minimum atomic E-state index is -0.843. The maximum atomic E-state index is 12.9. The summed E-state index contributed by atoms with van der Waals surface area (Å²) in [6, 6.07) is 26.5. The van der Waals surface area contributed by atoms with E-state index in [1.807, 2.05) is 72.8 Å². The van der Waals surface area contributed by atoms with Crippen LogP contribution < -0.4 is 10.1 Å². The van der Waals surface area contributed by atoms with Crippen molar-refractivity contribution in [2.24, 2.45) is 0 Å². The number of anilines is 1. The Morgan fingerprint density at radius 3 is 2.46 bits per heavy atom. The highest BCUT2D eigenvalue weighted by Gasteiger charge is 2.17. The molecule has 0 bridgehead atoms. The quantitative estimate of drug-likeness (QED) is 0.250. The highest BCUT2D eigenvalue weighted by Crippen LogP contribution is 2.29. The van der Waals surface area contributed by atoms with Gasteiger partial charge in [0.2, 0.25) is 5.91 Å². The van der Waals surface area contributed by atoms with Crippen LogP contribution in [0.5, 0.6) is 5.75 Å². The van der Waals surface area contributed by atoms with E-state index in [1.54, 1.807) is 12.1 Å². The second kappa shape index (κ2) is 11.7. The minimum Gasteiger partial charge on any atom is -0.493 e. The number of carbonyl (C=O) groups excluding carboxylic acids is 2. The number of hydrogen-bond donors (Lipinski definition) is 2. The number of hydrogen-bond acceptors (Lipinski definition) is 5. The van der Waals surface area contributed by atoms with Gasteiger partial charge >= 0.3 is 5.97 Å². The Balaban J connectivity index is 1.34. The molecule has 0 radical (unpaired) electrons. The number of ether oxygens (including phenoxy) is 1. The molecule has 7 nitrogen and oxygen atoms in total.